The van der Waals surface area contributed by atoms with Gasteiger partial charge in [-0.15, -0.1) is 10.2 Å². The SMILES string of the molecule is O=C(c1nnc(C2CC(S(=O)(=O)N3CCc4ccccc4C3)CN2)o1)N1CCCC1. The predicted molar refractivity (Wildman–Crippen MR) is 108 cm³/mol. The Hall–Kier alpha value is -2.30. The summed E-state index contributed by atoms with van der Waals surface area (Å²) in [6.45, 7) is 2.64. The molecule has 0 aliphatic carbocycles. The first kappa shape index (κ1) is 19.7. The number of benzene rings is 1. The number of sulfonamides is 1. The van der Waals surface area contributed by atoms with Crippen molar-refractivity contribution in [1.29, 1.82) is 0 Å². The van der Waals surface area contributed by atoms with Gasteiger partial charge in [0, 0.05) is 32.7 Å². The third-order valence-corrected chi connectivity index (χ3v) is 8.52. The van der Waals surface area contributed by atoms with E-state index in [1.807, 2.05) is 18.2 Å². The lowest BCUT2D eigenvalue weighted by Gasteiger charge is -2.30. The molecule has 2 unspecified atom stereocenters. The fourth-order valence-electron chi connectivity index (χ4n) is 4.53. The summed E-state index contributed by atoms with van der Waals surface area (Å²) < 4.78 is 33.6. The third-order valence-electron chi connectivity index (χ3n) is 6.28. The minimum absolute atomic E-state index is 0.0207. The van der Waals surface area contributed by atoms with E-state index in [4.69, 9.17) is 4.42 Å². The minimum atomic E-state index is -3.46. The molecule has 9 nitrogen and oxygen atoms in total. The van der Waals surface area contributed by atoms with Crippen molar-refractivity contribution in [2.24, 2.45) is 0 Å². The van der Waals surface area contributed by atoms with Gasteiger partial charge < -0.3 is 14.6 Å². The summed E-state index contributed by atoms with van der Waals surface area (Å²) in [5.41, 5.74) is 2.28. The van der Waals surface area contributed by atoms with E-state index in [1.165, 1.54) is 5.56 Å². The number of hydrogen-bond acceptors (Lipinski definition) is 7. The molecule has 3 aliphatic rings. The monoisotopic (exact) mass is 431 g/mol. The molecular weight excluding hydrogens is 406 g/mol. The summed E-state index contributed by atoms with van der Waals surface area (Å²) in [6, 6.07) is 7.61. The Labute approximate surface area is 175 Å². The van der Waals surface area contributed by atoms with Gasteiger partial charge in [0.25, 0.3) is 0 Å². The van der Waals surface area contributed by atoms with Crippen molar-refractivity contribution in [1.82, 2.24) is 24.7 Å². The molecule has 3 aliphatic heterocycles. The Kier molecular flexibility index (Phi) is 5.08. The van der Waals surface area contributed by atoms with E-state index in [-0.39, 0.29) is 23.7 Å². The van der Waals surface area contributed by atoms with E-state index in [0.717, 1.165) is 24.8 Å². The number of likely N-dealkylation sites (tertiary alicyclic amines) is 1. The molecule has 1 aromatic carbocycles. The maximum absolute atomic E-state index is 13.2. The Bertz CT molecular complexity index is 1050. The zero-order valence-corrected chi connectivity index (χ0v) is 17.5. The lowest BCUT2D eigenvalue weighted by molar-refractivity contribution is 0.0750. The number of hydrogen-bond donors (Lipinski definition) is 1. The van der Waals surface area contributed by atoms with Gasteiger partial charge in [-0.1, -0.05) is 24.3 Å². The van der Waals surface area contributed by atoms with E-state index in [9.17, 15) is 13.2 Å². The fraction of sp³-hybridized carbons (Fsp3) is 0.550. The molecule has 0 bridgehead atoms. The largest absolute Gasteiger partial charge is 0.415 e. The summed E-state index contributed by atoms with van der Waals surface area (Å²) in [7, 11) is -3.46. The molecule has 1 aromatic heterocycles. The van der Waals surface area contributed by atoms with Gasteiger partial charge >= 0.3 is 11.8 Å². The number of amides is 1. The second kappa shape index (κ2) is 7.75. The molecule has 4 heterocycles. The van der Waals surface area contributed by atoms with Crippen molar-refractivity contribution in [2.45, 2.75) is 43.5 Å². The van der Waals surface area contributed by atoms with Gasteiger partial charge in [0.15, 0.2) is 0 Å². The van der Waals surface area contributed by atoms with Crippen molar-refractivity contribution in [3.05, 3.63) is 47.2 Å². The van der Waals surface area contributed by atoms with E-state index in [2.05, 4.69) is 21.6 Å². The first-order valence-corrected chi connectivity index (χ1v) is 11.9. The van der Waals surface area contributed by atoms with E-state index < -0.39 is 15.3 Å². The second-order valence-electron chi connectivity index (χ2n) is 8.16. The van der Waals surface area contributed by atoms with Crippen LogP contribution in [0.1, 0.15) is 53.0 Å². The van der Waals surface area contributed by atoms with E-state index >= 15 is 0 Å². The first-order chi connectivity index (χ1) is 14.5. The highest BCUT2D eigenvalue weighted by Crippen LogP contribution is 2.30. The van der Waals surface area contributed by atoms with Crippen LogP contribution in [-0.4, -0.2) is 65.2 Å². The lowest BCUT2D eigenvalue weighted by Crippen LogP contribution is -2.42. The molecule has 5 rings (SSSR count). The van der Waals surface area contributed by atoms with Crippen LogP contribution < -0.4 is 5.32 Å². The molecule has 0 radical (unpaired) electrons. The van der Waals surface area contributed by atoms with Crippen molar-refractivity contribution >= 4 is 15.9 Å². The van der Waals surface area contributed by atoms with Crippen LogP contribution in [0.15, 0.2) is 28.7 Å². The standard InChI is InChI=1S/C20H25N5O4S/c26-20(24-8-3-4-9-24)19-23-22-18(29-19)17-11-16(12-21-17)30(27,28)25-10-7-14-5-1-2-6-15(14)13-25/h1-2,5-6,16-17,21H,3-4,7-13H2. The van der Waals surface area contributed by atoms with Crippen molar-refractivity contribution in [2.75, 3.05) is 26.2 Å². The molecule has 2 saturated heterocycles. The molecular formula is C20H25N5O4S. The van der Waals surface area contributed by atoms with Crippen LogP contribution >= 0.6 is 0 Å². The third kappa shape index (κ3) is 3.52. The van der Waals surface area contributed by atoms with Gasteiger partial charge in [-0.25, -0.2) is 8.42 Å². The van der Waals surface area contributed by atoms with E-state index in [0.29, 0.717) is 39.1 Å². The molecule has 10 heteroatoms. The number of nitrogens with one attached hydrogen (secondary N) is 1. The maximum atomic E-state index is 13.2. The smallest absolute Gasteiger partial charge is 0.311 e. The van der Waals surface area contributed by atoms with Crippen LogP contribution in [-0.2, 0) is 23.0 Å². The van der Waals surface area contributed by atoms with Gasteiger partial charge in [-0.2, -0.15) is 4.31 Å². The summed E-state index contributed by atoms with van der Waals surface area (Å²) in [5, 5.41) is 10.5. The molecule has 1 amide bonds. The topological polar surface area (TPSA) is 109 Å². The number of fused-ring (bicyclic) bond motifs is 1. The number of carbonyl (C=O) groups excluding carboxylic acids is 1. The Morgan fingerprint density at radius 2 is 1.87 bits per heavy atom. The predicted octanol–water partition coefficient (Wildman–Crippen LogP) is 1.10. The molecule has 2 fully saturated rings. The summed E-state index contributed by atoms with van der Waals surface area (Å²) in [5.74, 6) is 0.00674. The van der Waals surface area contributed by atoms with Crippen LogP contribution in [0.5, 0.6) is 0 Å². The molecule has 30 heavy (non-hydrogen) atoms. The summed E-state index contributed by atoms with van der Waals surface area (Å²) in [6.07, 6.45) is 3.04. The number of aromatic nitrogens is 2. The zero-order valence-electron chi connectivity index (χ0n) is 16.7. The average molecular weight is 432 g/mol. The number of carbonyl (C=O) groups is 1. The van der Waals surface area contributed by atoms with Gasteiger partial charge in [0.1, 0.15) is 0 Å². The summed E-state index contributed by atoms with van der Waals surface area (Å²) in [4.78, 5) is 14.1. The van der Waals surface area contributed by atoms with Crippen LogP contribution in [0.3, 0.4) is 0 Å². The van der Waals surface area contributed by atoms with Gasteiger partial charge in [-0.3, -0.25) is 4.79 Å². The molecule has 160 valence electrons. The van der Waals surface area contributed by atoms with Crippen LogP contribution in [0, 0.1) is 0 Å². The van der Waals surface area contributed by atoms with Crippen molar-refractivity contribution in [3.8, 4) is 0 Å². The summed E-state index contributed by atoms with van der Waals surface area (Å²) >= 11 is 0. The minimum Gasteiger partial charge on any atom is -0.415 e. The van der Waals surface area contributed by atoms with Gasteiger partial charge in [0.2, 0.25) is 15.9 Å². The molecule has 1 N–H and O–H groups in total. The first-order valence-electron chi connectivity index (χ1n) is 10.4. The second-order valence-corrected chi connectivity index (χ2v) is 10.4. The maximum Gasteiger partial charge on any atom is 0.311 e. The fourth-order valence-corrected chi connectivity index (χ4v) is 6.36. The number of nitrogens with zero attached hydrogens (tertiary/aromatic N) is 4. The zero-order chi connectivity index (χ0) is 20.7. The Balaban J connectivity index is 1.26. The molecule has 2 aromatic rings. The molecule has 0 spiro atoms. The highest BCUT2D eigenvalue weighted by atomic mass is 32.2. The van der Waals surface area contributed by atoms with Gasteiger partial charge in [-0.05, 0) is 36.8 Å². The Morgan fingerprint density at radius 1 is 1.10 bits per heavy atom. The molecule has 2 atom stereocenters. The van der Waals surface area contributed by atoms with Crippen molar-refractivity contribution < 1.29 is 17.6 Å². The normalized spacial score (nSPS) is 24.9. The Morgan fingerprint density at radius 3 is 2.67 bits per heavy atom. The quantitative estimate of drug-likeness (QED) is 0.772. The van der Waals surface area contributed by atoms with Crippen molar-refractivity contribution in [3.63, 3.8) is 0 Å². The molecule has 0 saturated carbocycles. The average Bonchev–Trinajstić information content (AvgIpc) is 3.54. The van der Waals surface area contributed by atoms with Crippen LogP contribution in [0.4, 0.5) is 0 Å². The van der Waals surface area contributed by atoms with Crippen LogP contribution in [0.2, 0.25) is 0 Å². The lowest BCUT2D eigenvalue weighted by atomic mass is 10.0. The highest BCUT2D eigenvalue weighted by molar-refractivity contribution is 7.89. The van der Waals surface area contributed by atoms with Crippen LogP contribution in [0.25, 0.3) is 0 Å². The highest BCUT2D eigenvalue weighted by Gasteiger charge is 2.41. The number of rotatable bonds is 4. The van der Waals surface area contributed by atoms with E-state index in [1.54, 1.807) is 9.21 Å². The van der Waals surface area contributed by atoms with Gasteiger partial charge in [0.05, 0.1) is 11.3 Å².